The van der Waals surface area contributed by atoms with E-state index in [4.69, 9.17) is 9.84 Å². The number of hydrogen-bond acceptors (Lipinski definition) is 3. The summed E-state index contributed by atoms with van der Waals surface area (Å²) < 4.78 is 6.18. The normalized spacial score (nSPS) is 18.6. The van der Waals surface area contributed by atoms with E-state index >= 15 is 0 Å². The fourth-order valence-corrected chi connectivity index (χ4v) is 2.87. The van der Waals surface area contributed by atoms with Gasteiger partial charge in [-0.1, -0.05) is 22.0 Å². The second-order valence-electron chi connectivity index (χ2n) is 4.37. The van der Waals surface area contributed by atoms with E-state index in [-0.39, 0.29) is 6.04 Å². The van der Waals surface area contributed by atoms with Crippen molar-refractivity contribution in [3.05, 3.63) is 33.8 Å². The summed E-state index contributed by atoms with van der Waals surface area (Å²) in [5.41, 5.74) is 1.42. The molecule has 1 fully saturated rings. The first-order valence-electron chi connectivity index (χ1n) is 5.94. The van der Waals surface area contributed by atoms with Crippen LogP contribution in [-0.4, -0.2) is 42.3 Å². The third kappa shape index (κ3) is 2.91. The van der Waals surface area contributed by atoms with Crippen LogP contribution in [0.15, 0.2) is 22.7 Å². The molecule has 1 N–H and O–H groups in total. The van der Waals surface area contributed by atoms with Crippen LogP contribution < -0.4 is 0 Å². The highest BCUT2D eigenvalue weighted by Crippen LogP contribution is 2.29. The van der Waals surface area contributed by atoms with Gasteiger partial charge in [-0.3, -0.25) is 4.90 Å². The Bertz CT molecular complexity index is 444. The van der Waals surface area contributed by atoms with Gasteiger partial charge in [0.25, 0.3) is 0 Å². The lowest BCUT2D eigenvalue weighted by atomic mass is 10.0. The SMILES string of the molecule is CC(c1ccc(C(=O)O)cc1Br)N1CCOCC1. The fraction of sp³-hybridized carbons (Fsp3) is 0.462. The summed E-state index contributed by atoms with van der Waals surface area (Å²) in [5.74, 6) is -0.902. The molecule has 1 aliphatic heterocycles. The Morgan fingerprint density at radius 3 is 2.67 bits per heavy atom. The average Bonchev–Trinajstić information content (AvgIpc) is 2.38. The molecular formula is C13H16BrNO3. The molecule has 0 aliphatic carbocycles. The van der Waals surface area contributed by atoms with Crippen molar-refractivity contribution in [2.45, 2.75) is 13.0 Å². The molecule has 0 bridgehead atoms. The number of carboxylic acids is 1. The van der Waals surface area contributed by atoms with Crippen molar-refractivity contribution in [1.29, 1.82) is 0 Å². The van der Waals surface area contributed by atoms with E-state index in [0.29, 0.717) is 5.56 Å². The van der Waals surface area contributed by atoms with Crippen LogP contribution in [0.25, 0.3) is 0 Å². The number of rotatable bonds is 3. The maximum atomic E-state index is 10.9. The van der Waals surface area contributed by atoms with E-state index in [1.165, 1.54) is 0 Å². The number of carboxylic acid groups (broad SMARTS) is 1. The third-order valence-corrected chi connectivity index (χ3v) is 3.98. The van der Waals surface area contributed by atoms with Gasteiger partial charge in [0.2, 0.25) is 0 Å². The van der Waals surface area contributed by atoms with Gasteiger partial charge in [0.05, 0.1) is 18.8 Å². The largest absolute Gasteiger partial charge is 0.478 e. The van der Waals surface area contributed by atoms with E-state index in [0.717, 1.165) is 36.3 Å². The standard InChI is InChI=1S/C13H16BrNO3/c1-9(15-4-6-18-7-5-15)11-3-2-10(13(16)17)8-12(11)14/h2-3,8-9H,4-7H2,1H3,(H,16,17). The van der Waals surface area contributed by atoms with E-state index in [9.17, 15) is 4.79 Å². The summed E-state index contributed by atoms with van der Waals surface area (Å²) in [7, 11) is 0. The number of carbonyl (C=O) groups is 1. The summed E-state index contributed by atoms with van der Waals surface area (Å²) >= 11 is 3.46. The maximum Gasteiger partial charge on any atom is 0.335 e. The molecule has 98 valence electrons. The molecule has 1 aromatic carbocycles. The second-order valence-corrected chi connectivity index (χ2v) is 5.22. The number of hydrogen-bond donors (Lipinski definition) is 1. The van der Waals surface area contributed by atoms with E-state index in [2.05, 4.69) is 27.8 Å². The Morgan fingerprint density at radius 2 is 2.11 bits per heavy atom. The van der Waals surface area contributed by atoms with Crippen LogP contribution in [0.3, 0.4) is 0 Å². The van der Waals surface area contributed by atoms with Gasteiger partial charge in [0.15, 0.2) is 0 Å². The summed E-state index contributed by atoms with van der Waals surface area (Å²) in [5, 5.41) is 8.94. The molecule has 4 nitrogen and oxygen atoms in total. The van der Waals surface area contributed by atoms with Gasteiger partial charge in [-0.05, 0) is 24.6 Å². The van der Waals surface area contributed by atoms with Gasteiger partial charge in [0.1, 0.15) is 0 Å². The van der Waals surface area contributed by atoms with Crippen molar-refractivity contribution < 1.29 is 14.6 Å². The predicted molar refractivity (Wildman–Crippen MR) is 71.9 cm³/mol. The minimum atomic E-state index is -0.902. The van der Waals surface area contributed by atoms with Crippen LogP contribution in [0, 0.1) is 0 Å². The number of ether oxygens (including phenoxy) is 1. The molecule has 1 heterocycles. The smallest absolute Gasteiger partial charge is 0.335 e. The third-order valence-electron chi connectivity index (χ3n) is 3.29. The van der Waals surface area contributed by atoms with Crippen LogP contribution in [0.1, 0.15) is 28.9 Å². The van der Waals surface area contributed by atoms with Crippen molar-refractivity contribution in [2.75, 3.05) is 26.3 Å². The Balaban J connectivity index is 2.19. The van der Waals surface area contributed by atoms with Gasteiger partial charge in [0, 0.05) is 23.6 Å². The molecule has 0 aromatic heterocycles. The van der Waals surface area contributed by atoms with Gasteiger partial charge in [-0.25, -0.2) is 4.79 Å². The Hall–Kier alpha value is -0.910. The predicted octanol–water partition coefficient (Wildman–Crippen LogP) is 2.54. The van der Waals surface area contributed by atoms with E-state index in [1.807, 2.05) is 6.07 Å². The van der Waals surface area contributed by atoms with Gasteiger partial charge in [-0.15, -0.1) is 0 Å². The van der Waals surface area contributed by atoms with Crippen LogP contribution in [0.2, 0.25) is 0 Å². The second kappa shape index (κ2) is 5.82. The van der Waals surface area contributed by atoms with Crippen LogP contribution >= 0.6 is 15.9 Å². The van der Waals surface area contributed by atoms with Crippen LogP contribution in [-0.2, 0) is 4.74 Å². The molecule has 1 atom stereocenters. The molecule has 18 heavy (non-hydrogen) atoms. The summed E-state index contributed by atoms with van der Waals surface area (Å²) in [6.45, 7) is 5.47. The highest BCUT2D eigenvalue weighted by molar-refractivity contribution is 9.10. The maximum absolute atomic E-state index is 10.9. The molecule has 0 radical (unpaired) electrons. The van der Waals surface area contributed by atoms with Crippen molar-refractivity contribution in [3.63, 3.8) is 0 Å². The van der Waals surface area contributed by atoms with Crippen molar-refractivity contribution in [1.82, 2.24) is 4.90 Å². The highest BCUT2D eigenvalue weighted by atomic mass is 79.9. The minimum absolute atomic E-state index is 0.256. The van der Waals surface area contributed by atoms with Crippen molar-refractivity contribution in [3.8, 4) is 0 Å². The molecular weight excluding hydrogens is 298 g/mol. The van der Waals surface area contributed by atoms with E-state index in [1.54, 1.807) is 12.1 Å². The zero-order valence-corrected chi connectivity index (χ0v) is 11.8. The average molecular weight is 314 g/mol. The first-order chi connectivity index (χ1) is 8.59. The lowest BCUT2D eigenvalue weighted by molar-refractivity contribution is 0.0197. The number of morpholine rings is 1. The number of aromatic carboxylic acids is 1. The van der Waals surface area contributed by atoms with E-state index < -0.39 is 5.97 Å². The van der Waals surface area contributed by atoms with Crippen molar-refractivity contribution >= 4 is 21.9 Å². The molecule has 1 unspecified atom stereocenters. The first kappa shape index (κ1) is 13.5. The number of benzene rings is 1. The van der Waals surface area contributed by atoms with Gasteiger partial charge >= 0.3 is 5.97 Å². The molecule has 1 saturated heterocycles. The summed E-state index contributed by atoms with van der Waals surface area (Å²) in [6.07, 6.45) is 0. The molecule has 2 rings (SSSR count). The summed E-state index contributed by atoms with van der Waals surface area (Å²) in [4.78, 5) is 13.2. The Labute approximate surface area is 115 Å². The van der Waals surface area contributed by atoms with Crippen LogP contribution in [0.5, 0.6) is 0 Å². The minimum Gasteiger partial charge on any atom is -0.478 e. The molecule has 0 saturated carbocycles. The van der Waals surface area contributed by atoms with Gasteiger partial charge < -0.3 is 9.84 Å². The molecule has 1 aromatic rings. The van der Waals surface area contributed by atoms with Crippen molar-refractivity contribution in [2.24, 2.45) is 0 Å². The molecule has 1 aliphatic rings. The van der Waals surface area contributed by atoms with Gasteiger partial charge in [-0.2, -0.15) is 0 Å². The quantitative estimate of drug-likeness (QED) is 0.931. The summed E-state index contributed by atoms with van der Waals surface area (Å²) in [6, 6.07) is 5.45. The Morgan fingerprint density at radius 1 is 1.44 bits per heavy atom. The zero-order chi connectivity index (χ0) is 13.1. The number of nitrogens with zero attached hydrogens (tertiary/aromatic N) is 1. The topological polar surface area (TPSA) is 49.8 Å². The Kier molecular flexibility index (Phi) is 4.37. The number of halogens is 1. The monoisotopic (exact) mass is 313 g/mol. The molecule has 0 amide bonds. The molecule has 0 spiro atoms. The first-order valence-corrected chi connectivity index (χ1v) is 6.73. The highest BCUT2D eigenvalue weighted by Gasteiger charge is 2.20. The lowest BCUT2D eigenvalue weighted by Gasteiger charge is -2.33. The lowest BCUT2D eigenvalue weighted by Crippen LogP contribution is -2.38. The van der Waals surface area contributed by atoms with Crippen LogP contribution in [0.4, 0.5) is 0 Å². The molecule has 5 heteroatoms. The fourth-order valence-electron chi connectivity index (χ4n) is 2.16. The zero-order valence-electron chi connectivity index (χ0n) is 10.2.